The summed E-state index contributed by atoms with van der Waals surface area (Å²) in [6.07, 6.45) is -3.57. The highest BCUT2D eigenvalue weighted by Crippen LogP contribution is 2.36. The Labute approximate surface area is 323 Å². The largest absolute Gasteiger partial charge is 0.508 e. The smallest absolute Gasteiger partial charge is 0.354 e. The van der Waals surface area contributed by atoms with Gasteiger partial charge in [0.15, 0.2) is 6.10 Å². The number of aliphatic hydroxyl groups excluding tert-OH is 1. The molecule has 3 aromatic rings. The number of morpholine rings is 1. The van der Waals surface area contributed by atoms with Crippen LogP contribution in [0.2, 0.25) is 0 Å². The number of rotatable bonds is 9. The number of phenolic OH excluding ortho intramolecular Hbond substituents is 4. The van der Waals surface area contributed by atoms with Gasteiger partial charge in [0.05, 0.1) is 35.4 Å². The zero-order valence-corrected chi connectivity index (χ0v) is 30.1. The summed E-state index contributed by atoms with van der Waals surface area (Å²) in [5, 5.41) is 62.1. The van der Waals surface area contributed by atoms with Crippen molar-refractivity contribution in [1.82, 2.24) is 16.0 Å². The summed E-state index contributed by atoms with van der Waals surface area (Å²) in [6.45, 7) is 4.33. The number of carbonyl (C=O) groups is 6. The first-order chi connectivity index (χ1) is 27.2. The number of hydrogen-bond donors (Lipinski definition) is 8. The first-order valence-corrected chi connectivity index (χ1v) is 17.5. The van der Waals surface area contributed by atoms with Crippen LogP contribution >= 0.6 is 0 Å². The van der Waals surface area contributed by atoms with Crippen LogP contribution in [0.25, 0.3) is 0 Å². The Hall–Kier alpha value is -6.92. The summed E-state index contributed by atoms with van der Waals surface area (Å²) in [5.74, 6) is -8.67. The molecule has 6 rings (SSSR count). The van der Waals surface area contributed by atoms with Crippen molar-refractivity contribution in [2.45, 2.75) is 49.3 Å². The second-order valence-corrected chi connectivity index (χ2v) is 13.3. The van der Waals surface area contributed by atoms with E-state index in [1.54, 1.807) is 0 Å². The topological polar surface area (TPSA) is 277 Å². The molecule has 2 saturated heterocycles. The number of ether oxygens (including phenoxy) is 4. The van der Waals surface area contributed by atoms with Crippen molar-refractivity contribution < 1.29 is 73.2 Å². The van der Waals surface area contributed by atoms with Crippen LogP contribution in [0.3, 0.4) is 0 Å². The lowest BCUT2D eigenvalue weighted by Gasteiger charge is -2.41. The third kappa shape index (κ3) is 8.21. The highest BCUT2D eigenvalue weighted by Gasteiger charge is 2.49. The molecule has 2 aliphatic heterocycles. The number of aliphatic hydroxyl groups is 1. The third-order valence-corrected chi connectivity index (χ3v) is 9.58. The van der Waals surface area contributed by atoms with Gasteiger partial charge in [-0.1, -0.05) is 12.6 Å². The number of aromatic hydroxyl groups is 4. The Morgan fingerprint density at radius 3 is 2.26 bits per heavy atom. The molecule has 2 fully saturated rings. The molecule has 0 spiro atoms. The van der Waals surface area contributed by atoms with E-state index < -0.39 is 112 Å². The maximum Gasteiger partial charge on any atom is 0.354 e. The molecule has 2 heterocycles. The quantitative estimate of drug-likeness (QED) is 0.0646. The van der Waals surface area contributed by atoms with Crippen LogP contribution in [0.4, 0.5) is 0 Å². The van der Waals surface area contributed by atoms with Crippen LogP contribution in [0.15, 0.2) is 78.5 Å². The van der Waals surface area contributed by atoms with Crippen LogP contribution in [0.5, 0.6) is 23.0 Å². The van der Waals surface area contributed by atoms with Crippen molar-refractivity contribution in [3.8, 4) is 23.0 Å². The van der Waals surface area contributed by atoms with E-state index in [9.17, 15) is 54.3 Å². The molecule has 298 valence electrons. The monoisotopic (exact) mass is 787 g/mol. The number of esters is 4. The van der Waals surface area contributed by atoms with E-state index in [0.717, 1.165) is 37.5 Å². The number of fused-ring (bicyclic) bond motifs is 1. The van der Waals surface area contributed by atoms with Crippen LogP contribution in [0.1, 0.15) is 59.8 Å². The van der Waals surface area contributed by atoms with Gasteiger partial charge in [0.2, 0.25) is 5.78 Å². The number of carbonyl (C=O) groups excluding carboxylic acids is 6. The van der Waals surface area contributed by atoms with E-state index >= 15 is 0 Å². The molecule has 8 N–H and O–H groups in total. The minimum atomic E-state index is -1.84. The zero-order valence-electron chi connectivity index (χ0n) is 30.1. The fourth-order valence-electron chi connectivity index (χ4n) is 6.71. The van der Waals surface area contributed by atoms with E-state index in [4.69, 9.17) is 18.9 Å². The highest BCUT2D eigenvalue weighted by atomic mass is 16.6. The number of nitrogens with one attached hydrogen (secondary N) is 3. The lowest BCUT2D eigenvalue weighted by Crippen LogP contribution is -2.62. The van der Waals surface area contributed by atoms with Gasteiger partial charge in [-0.25, -0.2) is 19.2 Å². The van der Waals surface area contributed by atoms with Crippen LogP contribution in [0, 0.1) is 0 Å². The zero-order chi connectivity index (χ0) is 41.1. The van der Waals surface area contributed by atoms with Crippen LogP contribution in [-0.4, -0.2) is 118 Å². The maximum absolute atomic E-state index is 13.9. The summed E-state index contributed by atoms with van der Waals surface area (Å²) in [6, 6.07) is 8.66. The van der Waals surface area contributed by atoms with Crippen molar-refractivity contribution in [2.24, 2.45) is 0 Å². The normalized spacial score (nSPS) is 22.9. The second kappa shape index (κ2) is 16.4. The molecule has 1 amide bonds. The predicted molar refractivity (Wildman–Crippen MR) is 193 cm³/mol. The average molecular weight is 788 g/mol. The fourth-order valence-corrected chi connectivity index (χ4v) is 6.71. The minimum absolute atomic E-state index is 0.0271. The Morgan fingerprint density at radius 2 is 1.58 bits per heavy atom. The second-order valence-electron chi connectivity index (χ2n) is 13.3. The lowest BCUT2D eigenvalue weighted by atomic mass is 9.86. The Balaban J connectivity index is 1.23. The summed E-state index contributed by atoms with van der Waals surface area (Å²) in [7, 11) is 1.04. The number of methoxy groups -OCH3 is 1. The Kier molecular flexibility index (Phi) is 11.5. The standard InChI is InChI=1S/C39H37N3O15/c1-17-36(50)56-28-15-22(38(52)54-2)32(47)34(31(28)41-17)57-39(53)21-5-3-6-24(44)29(21)33(48)30-25(45)13-19(14-26(30)46)37(51)55-27-7-4-12-40-16-23(27)42-35(49)18-8-10-20(43)11-9-18/h3,5-6,8-11,13-15,23,27-28,31-32,34,40-41,43-47H,1,4,7,12,16H2,2H3,(H,42,49)/t23-,27-,28-,31+,32-,34-/m1/s1. The van der Waals surface area contributed by atoms with Crippen molar-refractivity contribution in [3.63, 3.8) is 0 Å². The highest BCUT2D eigenvalue weighted by molar-refractivity contribution is 6.18. The summed E-state index contributed by atoms with van der Waals surface area (Å²) < 4.78 is 21.3. The van der Waals surface area contributed by atoms with Gasteiger partial charge in [-0.05, 0) is 74.0 Å². The molecule has 3 aliphatic rings. The first-order valence-electron chi connectivity index (χ1n) is 17.5. The first kappa shape index (κ1) is 39.8. The molecule has 0 saturated carbocycles. The van der Waals surface area contributed by atoms with Gasteiger partial charge in [-0.3, -0.25) is 9.59 Å². The number of phenols is 4. The van der Waals surface area contributed by atoms with Gasteiger partial charge in [-0.15, -0.1) is 0 Å². The SMILES string of the molecule is C=C1N[C@@H]2[C@@H](OC(=O)c3cccc(O)c3C(=O)c3c(O)cc(C(=O)O[C@@H]4CCCNC[C@H]4NC(=O)c4ccc(O)cc4)cc3O)[C@H](O)C(C(=O)OC)=C[C@H]2OC1=O. The molecule has 3 aromatic carbocycles. The minimum Gasteiger partial charge on any atom is -0.508 e. The van der Waals surface area contributed by atoms with E-state index in [0.29, 0.717) is 19.4 Å². The summed E-state index contributed by atoms with van der Waals surface area (Å²) >= 11 is 0. The molecular weight excluding hydrogens is 750 g/mol. The molecular formula is C39H37N3O15. The van der Waals surface area contributed by atoms with E-state index in [2.05, 4.69) is 22.5 Å². The average Bonchev–Trinajstić information content (AvgIpc) is 3.40. The molecule has 18 heteroatoms. The Morgan fingerprint density at radius 1 is 0.877 bits per heavy atom. The number of hydrogen-bond acceptors (Lipinski definition) is 17. The summed E-state index contributed by atoms with van der Waals surface area (Å²) in [4.78, 5) is 78.6. The van der Waals surface area contributed by atoms with Crippen LogP contribution < -0.4 is 16.0 Å². The van der Waals surface area contributed by atoms with Gasteiger partial charge in [-0.2, -0.15) is 0 Å². The van der Waals surface area contributed by atoms with E-state index in [1.165, 1.54) is 30.3 Å². The molecule has 0 unspecified atom stereocenters. The molecule has 0 bridgehead atoms. The van der Waals surface area contributed by atoms with Gasteiger partial charge < -0.3 is 60.4 Å². The Bertz CT molecular complexity index is 2160. The van der Waals surface area contributed by atoms with Gasteiger partial charge in [0, 0.05) is 12.1 Å². The van der Waals surface area contributed by atoms with E-state index in [-0.39, 0.29) is 29.1 Å². The summed E-state index contributed by atoms with van der Waals surface area (Å²) in [5.41, 5.74) is -2.93. The van der Waals surface area contributed by atoms with E-state index in [1.807, 2.05) is 0 Å². The van der Waals surface area contributed by atoms with Crippen molar-refractivity contribution in [1.29, 1.82) is 0 Å². The molecule has 1 aliphatic carbocycles. The van der Waals surface area contributed by atoms with Crippen molar-refractivity contribution in [3.05, 3.63) is 106 Å². The van der Waals surface area contributed by atoms with Crippen molar-refractivity contribution >= 4 is 35.6 Å². The number of amides is 1. The number of ketones is 1. The molecule has 6 atom stereocenters. The lowest BCUT2D eigenvalue weighted by molar-refractivity contribution is -0.154. The van der Waals surface area contributed by atoms with Crippen molar-refractivity contribution in [2.75, 3.05) is 20.2 Å². The van der Waals surface area contributed by atoms with Gasteiger partial charge in [0.1, 0.15) is 58.6 Å². The molecule has 57 heavy (non-hydrogen) atoms. The number of benzene rings is 3. The molecule has 18 nitrogen and oxygen atoms in total. The molecule has 0 aromatic heterocycles. The predicted octanol–water partition coefficient (Wildman–Crippen LogP) is 0.844. The van der Waals surface area contributed by atoms with Gasteiger partial charge in [0.25, 0.3) is 5.91 Å². The molecule has 0 radical (unpaired) electrons. The fraction of sp³-hybridized carbons (Fsp3) is 0.282. The third-order valence-electron chi connectivity index (χ3n) is 9.58. The van der Waals surface area contributed by atoms with Gasteiger partial charge >= 0.3 is 23.9 Å². The van der Waals surface area contributed by atoms with Crippen LogP contribution in [-0.2, 0) is 28.5 Å². The maximum atomic E-state index is 13.9.